The van der Waals surface area contributed by atoms with Gasteiger partial charge in [0.15, 0.2) is 0 Å². The standard InChI is InChI=1S/C15H14BrClN2O2/c1-9-6-10(2)15(12(16)7-9)18-8-11-13(17)4-3-5-14(11)19(20)21/h3-7,18H,8H2,1-2H3. The van der Waals surface area contributed by atoms with Crippen LogP contribution in [0.2, 0.25) is 5.02 Å². The fourth-order valence-corrected chi connectivity index (χ4v) is 3.26. The summed E-state index contributed by atoms with van der Waals surface area (Å²) in [5.41, 5.74) is 3.63. The number of rotatable bonds is 4. The van der Waals surface area contributed by atoms with Gasteiger partial charge in [0.2, 0.25) is 0 Å². The minimum Gasteiger partial charge on any atom is -0.380 e. The molecule has 1 N–H and O–H groups in total. The second-order valence-electron chi connectivity index (χ2n) is 4.79. The molecule has 0 unspecified atom stereocenters. The molecular formula is C15H14BrClN2O2. The van der Waals surface area contributed by atoms with E-state index in [0.29, 0.717) is 17.1 Å². The highest BCUT2D eigenvalue weighted by molar-refractivity contribution is 9.10. The summed E-state index contributed by atoms with van der Waals surface area (Å²) in [5, 5.41) is 14.7. The molecule has 0 saturated carbocycles. The lowest BCUT2D eigenvalue weighted by Gasteiger charge is -2.13. The van der Waals surface area contributed by atoms with Crippen LogP contribution >= 0.6 is 27.5 Å². The molecule has 0 aliphatic heterocycles. The smallest absolute Gasteiger partial charge is 0.275 e. The molecule has 4 nitrogen and oxygen atoms in total. The molecule has 2 aromatic rings. The fourth-order valence-electron chi connectivity index (χ4n) is 2.21. The maximum Gasteiger partial charge on any atom is 0.275 e. The molecule has 0 bridgehead atoms. The number of hydrogen-bond donors (Lipinski definition) is 1. The van der Waals surface area contributed by atoms with Crippen LogP contribution in [0.4, 0.5) is 11.4 Å². The zero-order chi connectivity index (χ0) is 15.6. The van der Waals surface area contributed by atoms with Gasteiger partial charge in [-0.1, -0.05) is 23.7 Å². The molecule has 0 aliphatic rings. The second kappa shape index (κ2) is 6.45. The molecule has 0 spiro atoms. The number of halogens is 2. The summed E-state index contributed by atoms with van der Waals surface area (Å²) in [7, 11) is 0. The number of benzene rings is 2. The van der Waals surface area contributed by atoms with Crippen LogP contribution in [0, 0.1) is 24.0 Å². The Morgan fingerprint density at radius 2 is 2.05 bits per heavy atom. The number of hydrogen-bond acceptors (Lipinski definition) is 3. The van der Waals surface area contributed by atoms with Gasteiger partial charge in [0.05, 0.1) is 21.2 Å². The highest BCUT2D eigenvalue weighted by Crippen LogP contribution is 2.31. The van der Waals surface area contributed by atoms with Crippen molar-refractivity contribution in [3.63, 3.8) is 0 Å². The maximum atomic E-state index is 11.1. The van der Waals surface area contributed by atoms with Crippen LogP contribution in [0.15, 0.2) is 34.8 Å². The average molecular weight is 370 g/mol. The summed E-state index contributed by atoms with van der Waals surface area (Å²) in [5.74, 6) is 0. The summed E-state index contributed by atoms with van der Waals surface area (Å²) >= 11 is 9.60. The van der Waals surface area contributed by atoms with Crippen molar-refractivity contribution in [2.24, 2.45) is 0 Å². The zero-order valence-corrected chi connectivity index (χ0v) is 14.0. The monoisotopic (exact) mass is 368 g/mol. The predicted octanol–water partition coefficient (Wildman–Crippen LogP) is 5.24. The van der Waals surface area contributed by atoms with Crippen molar-refractivity contribution < 1.29 is 4.92 Å². The molecule has 21 heavy (non-hydrogen) atoms. The van der Waals surface area contributed by atoms with E-state index < -0.39 is 4.92 Å². The van der Waals surface area contributed by atoms with Crippen molar-refractivity contribution in [3.05, 3.63) is 66.6 Å². The lowest BCUT2D eigenvalue weighted by Crippen LogP contribution is -2.05. The number of nitrogens with zero attached hydrogens (tertiary/aromatic N) is 1. The van der Waals surface area contributed by atoms with Crippen molar-refractivity contribution in [3.8, 4) is 0 Å². The van der Waals surface area contributed by atoms with E-state index in [9.17, 15) is 10.1 Å². The van der Waals surface area contributed by atoms with E-state index in [1.165, 1.54) is 6.07 Å². The van der Waals surface area contributed by atoms with Gasteiger partial charge in [-0.3, -0.25) is 10.1 Å². The van der Waals surface area contributed by atoms with Crippen molar-refractivity contribution in [2.75, 3.05) is 5.32 Å². The minimum atomic E-state index is -0.417. The third-order valence-electron chi connectivity index (χ3n) is 3.16. The molecule has 0 heterocycles. The highest BCUT2D eigenvalue weighted by Gasteiger charge is 2.17. The maximum absolute atomic E-state index is 11.1. The molecule has 2 rings (SSSR count). The summed E-state index contributed by atoms with van der Waals surface area (Å²) in [4.78, 5) is 10.7. The van der Waals surface area contributed by atoms with E-state index in [2.05, 4.69) is 21.2 Å². The van der Waals surface area contributed by atoms with Crippen LogP contribution in [-0.4, -0.2) is 4.92 Å². The number of nitro benzene ring substituents is 1. The number of nitrogens with one attached hydrogen (secondary N) is 1. The van der Waals surface area contributed by atoms with Crippen molar-refractivity contribution >= 4 is 38.9 Å². The SMILES string of the molecule is Cc1cc(C)c(NCc2c(Cl)cccc2[N+](=O)[O-])c(Br)c1. The highest BCUT2D eigenvalue weighted by atomic mass is 79.9. The minimum absolute atomic E-state index is 0.0240. The lowest BCUT2D eigenvalue weighted by molar-refractivity contribution is -0.385. The van der Waals surface area contributed by atoms with Gasteiger partial charge in [-0.05, 0) is 53.0 Å². The second-order valence-corrected chi connectivity index (χ2v) is 6.05. The van der Waals surface area contributed by atoms with Gasteiger partial charge in [-0.15, -0.1) is 0 Å². The molecular weight excluding hydrogens is 356 g/mol. The Morgan fingerprint density at radius 3 is 2.67 bits per heavy atom. The van der Waals surface area contributed by atoms with Gasteiger partial charge in [0, 0.05) is 17.1 Å². The number of anilines is 1. The molecule has 6 heteroatoms. The first-order valence-corrected chi connectivity index (χ1v) is 7.49. The summed E-state index contributed by atoms with van der Waals surface area (Å²) < 4.78 is 0.926. The summed E-state index contributed by atoms with van der Waals surface area (Å²) in [6, 6.07) is 8.74. The zero-order valence-electron chi connectivity index (χ0n) is 11.6. The van der Waals surface area contributed by atoms with Crippen LogP contribution in [0.25, 0.3) is 0 Å². The Bertz CT molecular complexity index is 681. The van der Waals surface area contributed by atoms with E-state index >= 15 is 0 Å². The van der Waals surface area contributed by atoms with Crippen molar-refractivity contribution in [2.45, 2.75) is 20.4 Å². The van der Waals surface area contributed by atoms with E-state index in [1.54, 1.807) is 12.1 Å². The molecule has 0 aromatic heterocycles. The first kappa shape index (κ1) is 15.8. The van der Waals surface area contributed by atoms with Gasteiger partial charge in [0.25, 0.3) is 5.69 Å². The Balaban J connectivity index is 2.31. The third-order valence-corrected chi connectivity index (χ3v) is 4.14. The molecule has 2 aromatic carbocycles. The van der Waals surface area contributed by atoms with Crippen LogP contribution in [-0.2, 0) is 6.54 Å². The molecule has 0 saturated heterocycles. The number of aryl methyl sites for hydroxylation is 2. The Hall–Kier alpha value is -1.59. The predicted molar refractivity (Wildman–Crippen MR) is 89.0 cm³/mol. The lowest BCUT2D eigenvalue weighted by atomic mass is 10.1. The fraction of sp³-hybridized carbons (Fsp3) is 0.200. The molecule has 0 aliphatic carbocycles. The molecule has 0 amide bonds. The molecule has 0 fully saturated rings. The first-order valence-electron chi connectivity index (χ1n) is 6.32. The van der Waals surface area contributed by atoms with Gasteiger partial charge in [0.1, 0.15) is 0 Å². The molecule has 110 valence electrons. The Morgan fingerprint density at radius 1 is 1.33 bits per heavy atom. The topological polar surface area (TPSA) is 55.2 Å². The summed E-state index contributed by atoms with van der Waals surface area (Å²) in [6.45, 7) is 4.29. The Labute approximate surface area is 136 Å². The molecule has 0 radical (unpaired) electrons. The van der Waals surface area contributed by atoms with Crippen LogP contribution in [0.5, 0.6) is 0 Å². The van der Waals surface area contributed by atoms with Crippen LogP contribution in [0.1, 0.15) is 16.7 Å². The van der Waals surface area contributed by atoms with Gasteiger partial charge >= 0.3 is 0 Å². The van der Waals surface area contributed by atoms with Crippen molar-refractivity contribution in [1.29, 1.82) is 0 Å². The van der Waals surface area contributed by atoms with E-state index in [4.69, 9.17) is 11.6 Å². The van der Waals surface area contributed by atoms with Crippen LogP contribution < -0.4 is 5.32 Å². The van der Waals surface area contributed by atoms with Crippen molar-refractivity contribution in [1.82, 2.24) is 0 Å². The third kappa shape index (κ3) is 3.54. The number of nitro groups is 1. The van der Waals surface area contributed by atoms with Crippen LogP contribution in [0.3, 0.4) is 0 Å². The summed E-state index contributed by atoms with van der Waals surface area (Å²) in [6.07, 6.45) is 0. The Kier molecular flexibility index (Phi) is 4.85. The van der Waals surface area contributed by atoms with Gasteiger partial charge in [-0.2, -0.15) is 0 Å². The van der Waals surface area contributed by atoms with Gasteiger partial charge < -0.3 is 5.32 Å². The first-order chi connectivity index (χ1) is 9.90. The average Bonchev–Trinajstić information content (AvgIpc) is 2.38. The quantitative estimate of drug-likeness (QED) is 0.592. The van der Waals surface area contributed by atoms with E-state index in [1.807, 2.05) is 26.0 Å². The molecule has 0 atom stereocenters. The largest absolute Gasteiger partial charge is 0.380 e. The van der Waals surface area contributed by atoms with Gasteiger partial charge in [-0.25, -0.2) is 0 Å². The normalized spacial score (nSPS) is 10.5. The van der Waals surface area contributed by atoms with E-state index in [-0.39, 0.29) is 5.69 Å². The van der Waals surface area contributed by atoms with E-state index in [0.717, 1.165) is 21.3 Å².